The Morgan fingerprint density at radius 1 is 1.44 bits per heavy atom. The number of carboxylic acids is 1. The van der Waals surface area contributed by atoms with E-state index in [9.17, 15) is 9.59 Å². The first kappa shape index (κ1) is 13.9. The van der Waals surface area contributed by atoms with Crippen molar-refractivity contribution in [2.75, 3.05) is 13.1 Å². The molecule has 3 N–H and O–H groups in total. The minimum Gasteiger partial charge on any atom is -0.481 e. The molecule has 0 fully saturated rings. The Hall–Kier alpha value is -2.12. The van der Waals surface area contributed by atoms with Gasteiger partial charge in [0.15, 0.2) is 5.82 Å². The number of nitrogens with one attached hydrogen (secondary N) is 2. The van der Waals surface area contributed by atoms with E-state index in [2.05, 4.69) is 20.8 Å². The Kier molecular flexibility index (Phi) is 5.09. The minimum absolute atomic E-state index is 0.0858. The van der Waals surface area contributed by atoms with Crippen LogP contribution < -0.4 is 10.6 Å². The Labute approximate surface area is 104 Å². The average Bonchev–Trinajstić information content (AvgIpc) is 2.71. The fourth-order valence-corrected chi connectivity index (χ4v) is 1.13. The molecule has 0 aliphatic heterocycles. The number of aryl methyl sites for hydroxylation is 1. The van der Waals surface area contributed by atoms with Crippen molar-refractivity contribution < 1.29 is 19.2 Å². The van der Waals surface area contributed by atoms with Crippen LogP contribution in [-0.4, -0.2) is 40.3 Å². The Balaban J connectivity index is 2.15. The number of hydrogen-bond acceptors (Lipinski definition) is 5. The number of carbonyl (C=O) groups is 2. The molecule has 0 radical (unpaired) electrons. The second-order valence-electron chi connectivity index (χ2n) is 3.86. The number of aliphatic carboxylic acids is 1. The summed E-state index contributed by atoms with van der Waals surface area (Å²) in [6.07, 6.45) is 0.458. The summed E-state index contributed by atoms with van der Waals surface area (Å²) in [6, 6.07) is -0.414. The van der Waals surface area contributed by atoms with Gasteiger partial charge in [-0.25, -0.2) is 4.79 Å². The lowest BCUT2D eigenvalue weighted by atomic mass is 10.2. The van der Waals surface area contributed by atoms with Crippen LogP contribution in [0.15, 0.2) is 4.52 Å². The number of nitrogens with zero attached hydrogens (tertiary/aromatic N) is 2. The van der Waals surface area contributed by atoms with Crippen LogP contribution >= 0.6 is 0 Å². The summed E-state index contributed by atoms with van der Waals surface area (Å²) in [5, 5.41) is 17.3. The summed E-state index contributed by atoms with van der Waals surface area (Å²) in [6.45, 7) is 3.64. The van der Waals surface area contributed by atoms with Crippen molar-refractivity contribution in [3.05, 3.63) is 11.7 Å². The lowest BCUT2D eigenvalue weighted by Gasteiger charge is -2.09. The molecule has 1 aromatic rings. The zero-order valence-corrected chi connectivity index (χ0v) is 10.3. The zero-order chi connectivity index (χ0) is 13.5. The highest BCUT2D eigenvalue weighted by Gasteiger charge is 2.11. The quantitative estimate of drug-likeness (QED) is 0.656. The van der Waals surface area contributed by atoms with Crippen molar-refractivity contribution in [3.63, 3.8) is 0 Å². The molecule has 0 bridgehead atoms. The molecule has 8 nitrogen and oxygen atoms in total. The van der Waals surface area contributed by atoms with Gasteiger partial charge in [0.05, 0.1) is 5.92 Å². The standard InChI is InChI=1S/C10H16N4O4/c1-6(9(15)16)5-12-10(17)11-4-3-8-13-7(2)18-14-8/h6H,3-5H2,1-2H3,(H,15,16)(H2,11,12,17). The molecule has 1 heterocycles. The van der Waals surface area contributed by atoms with Crippen molar-refractivity contribution in [1.82, 2.24) is 20.8 Å². The number of carboxylic acid groups (broad SMARTS) is 1. The van der Waals surface area contributed by atoms with Gasteiger partial charge in [0.2, 0.25) is 5.89 Å². The zero-order valence-electron chi connectivity index (χ0n) is 10.3. The molecule has 18 heavy (non-hydrogen) atoms. The van der Waals surface area contributed by atoms with Gasteiger partial charge in [-0.05, 0) is 0 Å². The lowest BCUT2D eigenvalue weighted by Crippen LogP contribution is -2.40. The highest BCUT2D eigenvalue weighted by molar-refractivity contribution is 5.75. The van der Waals surface area contributed by atoms with E-state index in [4.69, 9.17) is 9.63 Å². The Morgan fingerprint density at radius 2 is 2.17 bits per heavy atom. The topological polar surface area (TPSA) is 117 Å². The van der Waals surface area contributed by atoms with E-state index in [0.717, 1.165) is 0 Å². The highest BCUT2D eigenvalue weighted by Crippen LogP contribution is 1.94. The largest absolute Gasteiger partial charge is 0.481 e. The third-order valence-electron chi connectivity index (χ3n) is 2.19. The van der Waals surface area contributed by atoms with E-state index in [1.54, 1.807) is 6.92 Å². The van der Waals surface area contributed by atoms with Gasteiger partial charge in [0, 0.05) is 26.4 Å². The predicted molar refractivity (Wildman–Crippen MR) is 60.9 cm³/mol. The number of carbonyl (C=O) groups excluding carboxylic acids is 1. The first-order valence-corrected chi connectivity index (χ1v) is 5.52. The maximum Gasteiger partial charge on any atom is 0.314 e. The fourth-order valence-electron chi connectivity index (χ4n) is 1.13. The summed E-state index contributed by atoms with van der Waals surface area (Å²) in [5.74, 6) is -0.565. The van der Waals surface area contributed by atoms with Gasteiger partial charge in [-0.2, -0.15) is 4.98 Å². The molecule has 0 aliphatic rings. The molecule has 100 valence electrons. The molecule has 0 aliphatic carbocycles. The summed E-state index contributed by atoms with van der Waals surface area (Å²) < 4.78 is 4.77. The van der Waals surface area contributed by atoms with Crippen LogP contribution in [0.1, 0.15) is 18.6 Å². The molecule has 1 atom stereocenters. The first-order valence-electron chi connectivity index (χ1n) is 5.52. The van der Waals surface area contributed by atoms with Crippen LogP contribution in [0.4, 0.5) is 4.79 Å². The van der Waals surface area contributed by atoms with Crippen molar-refractivity contribution in [2.45, 2.75) is 20.3 Å². The Morgan fingerprint density at radius 3 is 2.72 bits per heavy atom. The van der Waals surface area contributed by atoms with Crippen LogP contribution in [0, 0.1) is 12.8 Å². The van der Waals surface area contributed by atoms with Gasteiger partial charge in [0.1, 0.15) is 0 Å². The molecule has 0 aromatic carbocycles. The Bertz CT molecular complexity index is 418. The maximum atomic E-state index is 11.3. The van der Waals surface area contributed by atoms with Crippen molar-refractivity contribution in [3.8, 4) is 0 Å². The monoisotopic (exact) mass is 256 g/mol. The van der Waals surface area contributed by atoms with Crippen molar-refractivity contribution in [2.24, 2.45) is 5.92 Å². The van der Waals surface area contributed by atoms with Crippen LogP contribution in [0.3, 0.4) is 0 Å². The molecule has 0 saturated heterocycles. The molecular formula is C10H16N4O4. The number of rotatable bonds is 6. The molecule has 8 heteroatoms. The second kappa shape index (κ2) is 6.58. The predicted octanol–water partition coefficient (Wildman–Crippen LogP) is -0.0596. The van der Waals surface area contributed by atoms with Gasteiger partial charge in [0.25, 0.3) is 0 Å². The van der Waals surface area contributed by atoms with Crippen LogP contribution in [0.25, 0.3) is 0 Å². The highest BCUT2D eigenvalue weighted by atomic mass is 16.5. The summed E-state index contributed by atoms with van der Waals surface area (Å²) in [5.41, 5.74) is 0. The minimum atomic E-state index is -0.947. The average molecular weight is 256 g/mol. The van der Waals surface area contributed by atoms with Crippen molar-refractivity contribution in [1.29, 1.82) is 0 Å². The molecule has 0 spiro atoms. The van der Waals surface area contributed by atoms with Gasteiger partial charge in [-0.3, -0.25) is 4.79 Å². The molecule has 0 saturated carbocycles. The van der Waals surface area contributed by atoms with E-state index < -0.39 is 17.9 Å². The smallest absolute Gasteiger partial charge is 0.314 e. The molecule has 1 unspecified atom stereocenters. The summed E-state index contributed by atoms with van der Waals surface area (Å²) in [7, 11) is 0. The van der Waals surface area contributed by atoms with Crippen LogP contribution in [0.5, 0.6) is 0 Å². The van der Waals surface area contributed by atoms with Gasteiger partial charge in [-0.15, -0.1) is 0 Å². The molecular weight excluding hydrogens is 240 g/mol. The fraction of sp³-hybridized carbons (Fsp3) is 0.600. The number of aromatic nitrogens is 2. The van der Waals surface area contributed by atoms with Crippen molar-refractivity contribution >= 4 is 12.0 Å². The number of amides is 2. The van der Waals surface area contributed by atoms with E-state index >= 15 is 0 Å². The first-order chi connectivity index (χ1) is 8.49. The van der Waals surface area contributed by atoms with E-state index in [0.29, 0.717) is 24.7 Å². The summed E-state index contributed by atoms with van der Waals surface area (Å²) in [4.78, 5) is 25.8. The van der Waals surface area contributed by atoms with E-state index in [-0.39, 0.29) is 6.54 Å². The lowest BCUT2D eigenvalue weighted by molar-refractivity contribution is -0.140. The second-order valence-corrected chi connectivity index (χ2v) is 3.86. The van der Waals surface area contributed by atoms with Gasteiger partial charge >= 0.3 is 12.0 Å². The van der Waals surface area contributed by atoms with Crippen LogP contribution in [0.2, 0.25) is 0 Å². The third-order valence-corrected chi connectivity index (χ3v) is 2.19. The normalized spacial score (nSPS) is 11.9. The number of hydrogen-bond donors (Lipinski definition) is 3. The SMILES string of the molecule is Cc1nc(CCNC(=O)NCC(C)C(=O)O)no1. The molecule has 1 aromatic heterocycles. The van der Waals surface area contributed by atoms with Gasteiger partial charge < -0.3 is 20.3 Å². The third kappa shape index (κ3) is 4.81. The number of urea groups is 1. The van der Waals surface area contributed by atoms with Crippen LogP contribution in [-0.2, 0) is 11.2 Å². The van der Waals surface area contributed by atoms with E-state index in [1.165, 1.54) is 6.92 Å². The molecule has 1 rings (SSSR count). The van der Waals surface area contributed by atoms with Gasteiger partial charge in [-0.1, -0.05) is 12.1 Å². The van der Waals surface area contributed by atoms with E-state index in [1.807, 2.05) is 0 Å². The summed E-state index contributed by atoms with van der Waals surface area (Å²) >= 11 is 0. The maximum absolute atomic E-state index is 11.3. The molecule has 2 amide bonds.